The monoisotopic (exact) mass is 582 g/mol. The number of sulfonamides is 1. The van der Waals surface area contributed by atoms with Gasteiger partial charge in [0.05, 0.1) is 25.2 Å². The number of aromatic hydroxyl groups is 1. The summed E-state index contributed by atoms with van der Waals surface area (Å²) in [6.45, 7) is 1.63. The largest absolute Gasteiger partial charge is 0.506 e. The van der Waals surface area contributed by atoms with Crippen LogP contribution in [0.25, 0.3) is 10.6 Å². The lowest BCUT2D eigenvalue weighted by Gasteiger charge is -2.31. The highest BCUT2D eigenvalue weighted by Crippen LogP contribution is 2.30. The van der Waals surface area contributed by atoms with Gasteiger partial charge in [-0.15, -0.1) is 11.3 Å². The summed E-state index contributed by atoms with van der Waals surface area (Å²) in [4.78, 5) is 18.1. The summed E-state index contributed by atoms with van der Waals surface area (Å²) in [7, 11) is -2.10. The van der Waals surface area contributed by atoms with E-state index in [0.29, 0.717) is 22.6 Å². The molecule has 1 aromatic heterocycles. The van der Waals surface area contributed by atoms with Crippen molar-refractivity contribution in [1.29, 1.82) is 0 Å². The molecule has 2 atom stereocenters. The highest BCUT2D eigenvalue weighted by molar-refractivity contribution is 7.92. The number of rotatable bonds is 11. The third-order valence-corrected chi connectivity index (χ3v) is 7.68. The van der Waals surface area contributed by atoms with E-state index in [1.165, 1.54) is 29.5 Å². The SMILES string of the molecule is COc1ccc(C(C)(NC[C@@H](O)c2ccc(O)c(NS(C)(=O)=O)c2)C(=O)Nc2cccc(-c3nccs3)c2)cc1. The number of nitrogens with one attached hydrogen (secondary N) is 3. The van der Waals surface area contributed by atoms with E-state index in [4.69, 9.17) is 4.74 Å². The van der Waals surface area contributed by atoms with Crippen LogP contribution in [0.5, 0.6) is 11.5 Å². The minimum Gasteiger partial charge on any atom is -0.506 e. The molecule has 0 spiro atoms. The molecular weight excluding hydrogens is 552 g/mol. The zero-order valence-corrected chi connectivity index (χ0v) is 23.7. The van der Waals surface area contributed by atoms with Gasteiger partial charge in [0, 0.05) is 29.4 Å². The molecule has 0 saturated carbocycles. The molecule has 1 unspecified atom stereocenters. The van der Waals surface area contributed by atoms with Crippen molar-refractivity contribution >= 4 is 38.6 Å². The number of nitrogens with zero attached hydrogens (tertiary/aromatic N) is 1. The first-order valence-electron chi connectivity index (χ1n) is 12.2. The van der Waals surface area contributed by atoms with Crippen LogP contribution in [0.2, 0.25) is 0 Å². The molecule has 5 N–H and O–H groups in total. The van der Waals surface area contributed by atoms with Crippen LogP contribution < -0.4 is 20.1 Å². The van der Waals surface area contributed by atoms with Crippen LogP contribution >= 0.6 is 11.3 Å². The van der Waals surface area contributed by atoms with E-state index in [1.54, 1.807) is 50.6 Å². The number of benzene rings is 3. The second-order valence-corrected chi connectivity index (χ2v) is 11.9. The fourth-order valence-electron chi connectivity index (χ4n) is 4.05. The molecule has 0 bridgehead atoms. The predicted octanol–water partition coefficient (Wildman–Crippen LogP) is 4.07. The van der Waals surface area contributed by atoms with Crippen molar-refractivity contribution in [2.45, 2.75) is 18.6 Å². The number of methoxy groups -OCH3 is 1. The highest BCUT2D eigenvalue weighted by atomic mass is 32.2. The standard InChI is InChI=1S/C28H30N4O6S2/c1-28(20-8-10-22(38-2)11-9-20,27(35)31-21-6-4-5-19(15-21)26-29-13-14-39-26)30-17-25(34)18-7-12-24(33)23(16-18)32-40(3,36)37/h4-16,25,30,32-34H,17H2,1-3H3,(H,31,35)/t25-,28?/m1/s1. The van der Waals surface area contributed by atoms with Crippen LogP contribution in [0, 0.1) is 0 Å². The molecule has 0 aliphatic rings. The molecule has 40 heavy (non-hydrogen) atoms. The third kappa shape index (κ3) is 6.96. The quantitative estimate of drug-likeness (QED) is 0.166. The van der Waals surface area contributed by atoms with Gasteiger partial charge in [0.25, 0.3) is 0 Å². The van der Waals surface area contributed by atoms with Crippen LogP contribution in [0.3, 0.4) is 0 Å². The lowest BCUT2D eigenvalue weighted by Crippen LogP contribution is -2.50. The Morgan fingerprint density at radius 3 is 2.52 bits per heavy atom. The number of anilines is 2. The minimum atomic E-state index is -3.65. The highest BCUT2D eigenvalue weighted by Gasteiger charge is 2.36. The van der Waals surface area contributed by atoms with Crippen molar-refractivity contribution in [3.8, 4) is 22.1 Å². The van der Waals surface area contributed by atoms with Gasteiger partial charge >= 0.3 is 0 Å². The molecule has 4 aromatic rings. The van der Waals surface area contributed by atoms with Gasteiger partial charge < -0.3 is 20.3 Å². The third-order valence-electron chi connectivity index (χ3n) is 6.27. The second kappa shape index (κ2) is 12.0. The lowest BCUT2D eigenvalue weighted by molar-refractivity contribution is -0.122. The van der Waals surface area contributed by atoms with E-state index in [1.807, 2.05) is 23.6 Å². The van der Waals surface area contributed by atoms with Crippen LogP contribution in [0.1, 0.15) is 24.2 Å². The zero-order valence-electron chi connectivity index (χ0n) is 22.1. The Balaban J connectivity index is 1.59. The smallest absolute Gasteiger partial charge is 0.249 e. The Bertz CT molecular complexity index is 1580. The van der Waals surface area contributed by atoms with Gasteiger partial charge in [-0.1, -0.05) is 30.3 Å². The van der Waals surface area contributed by atoms with E-state index in [0.717, 1.165) is 16.8 Å². The number of hydrogen-bond donors (Lipinski definition) is 5. The average Bonchev–Trinajstić information content (AvgIpc) is 3.47. The van der Waals surface area contributed by atoms with Crippen LogP contribution in [0.4, 0.5) is 11.4 Å². The maximum atomic E-state index is 13.8. The summed E-state index contributed by atoms with van der Waals surface area (Å²) in [5, 5.41) is 29.9. The molecule has 10 nitrogen and oxygen atoms in total. The van der Waals surface area contributed by atoms with Crippen LogP contribution in [0.15, 0.2) is 78.3 Å². The number of phenols is 1. The first-order valence-corrected chi connectivity index (χ1v) is 15.0. The zero-order chi connectivity index (χ0) is 28.9. The Hall–Kier alpha value is -3.97. The number of carbonyl (C=O) groups excluding carboxylic acids is 1. The molecule has 4 rings (SSSR count). The second-order valence-electron chi connectivity index (χ2n) is 9.27. The lowest BCUT2D eigenvalue weighted by atomic mass is 9.90. The van der Waals surface area contributed by atoms with Crippen LogP contribution in [-0.2, 0) is 20.4 Å². The number of phenolic OH excluding ortho intramolecular Hbond substituents is 1. The number of hydrogen-bond acceptors (Lipinski definition) is 9. The van der Waals surface area contributed by atoms with E-state index in [2.05, 4.69) is 20.3 Å². The number of ether oxygens (including phenoxy) is 1. The Morgan fingerprint density at radius 1 is 1.12 bits per heavy atom. The Labute approximate surface area is 236 Å². The molecular formula is C28H30N4O6S2. The number of carbonyl (C=O) groups is 1. The Kier molecular flexibility index (Phi) is 8.74. The molecule has 0 aliphatic heterocycles. The van der Waals surface area contributed by atoms with E-state index < -0.39 is 21.7 Å². The molecule has 0 radical (unpaired) electrons. The van der Waals surface area contributed by atoms with E-state index >= 15 is 0 Å². The summed E-state index contributed by atoms with van der Waals surface area (Å²) in [5.41, 5.74) is 1.05. The van der Waals surface area contributed by atoms with Gasteiger partial charge in [0.2, 0.25) is 15.9 Å². The fourth-order valence-corrected chi connectivity index (χ4v) is 5.25. The van der Waals surface area contributed by atoms with Crippen molar-refractivity contribution < 1.29 is 28.2 Å². The van der Waals surface area contributed by atoms with Crippen molar-refractivity contribution in [1.82, 2.24) is 10.3 Å². The van der Waals surface area contributed by atoms with Crippen molar-refractivity contribution in [2.75, 3.05) is 29.9 Å². The van der Waals surface area contributed by atoms with Crippen molar-refractivity contribution in [2.24, 2.45) is 0 Å². The van der Waals surface area contributed by atoms with Gasteiger partial charge in [0.1, 0.15) is 22.0 Å². The van der Waals surface area contributed by atoms with Crippen molar-refractivity contribution in [3.05, 3.63) is 89.4 Å². The Morgan fingerprint density at radius 2 is 1.88 bits per heavy atom. The fraction of sp³-hybridized carbons (Fsp3) is 0.214. The summed E-state index contributed by atoms with van der Waals surface area (Å²) in [6.07, 6.45) is 1.54. The average molecular weight is 583 g/mol. The number of aromatic nitrogens is 1. The summed E-state index contributed by atoms with van der Waals surface area (Å²) < 4.78 is 30.8. The number of aliphatic hydroxyl groups excluding tert-OH is 1. The van der Waals surface area contributed by atoms with Gasteiger partial charge in [-0.25, -0.2) is 13.4 Å². The summed E-state index contributed by atoms with van der Waals surface area (Å²) in [6, 6.07) is 18.5. The maximum Gasteiger partial charge on any atom is 0.249 e. The van der Waals surface area contributed by atoms with Gasteiger partial charge in [0.15, 0.2) is 0 Å². The first-order chi connectivity index (χ1) is 19.0. The van der Waals surface area contributed by atoms with Gasteiger partial charge in [-0.2, -0.15) is 0 Å². The maximum absolute atomic E-state index is 13.8. The number of amides is 1. The van der Waals surface area contributed by atoms with E-state index in [9.17, 15) is 23.4 Å². The predicted molar refractivity (Wildman–Crippen MR) is 156 cm³/mol. The normalized spacial score (nSPS) is 13.7. The summed E-state index contributed by atoms with van der Waals surface area (Å²) >= 11 is 1.49. The molecule has 210 valence electrons. The number of aliphatic hydroxyl groups is 1. The number of thiazole rings is 1. The topological polar surface area (TPSA) is 150 Å². The molecule has 0 aliphatic carbocycles. The molecule has 0 saturated heterocycles. The molecule has 1 amide bonds. The molecule has 1 heterocycles. The van der Waals surface area contributed by atoms with E-state index in [-0.39, 0.29) is 23.9 Å². The van der Waals surface area contributed by atoms with Crippen LogP contribution in [-0.4, -0.2) is 49.4 Å². The first kappa shape index (κ1) is 29.0. The minimum absolute atomic E-state index is 0.0604. The molecule has 0 fully saturated rings. The van der Waals surface area contributed by atoms with Gasteiger partial charge in [-0.3, -0.25) is 14.8 Å². The van der Waals surface area contributed by atoms with Gasteiger partial charge in [-0.05, 0) is 54.4 Å². The molecule has 12 heteroatoms. The van der Waals surface area contributed by atoms with Crippen molar-refractivity contribution in [3.63, 3.8) is 0 Å². The summed E-state index contributed by atoms with van der Waals surface area (Å²) in [5.74, 6) is -0.0271. The molecule has 3 aromatic carbocycles.